The van der Waals surface area contributed by atoms with Crippen molar-refractivity contribution in [3.8, 4) is 0 Å². The van der Waals surface area contributed by atoms with Crippen molar-refractivity contribution >= 4 is 17.5 Å². The molecule has 0 aromatic heterocycles. The number of halogens is 1. The van der Waals surface area contributed by atoms with Crippen LogP contribution in [0.25, 0.3) is 5.83 Å². The number of non-ortho nitro benzene ring substituents is 1. The van der Waals surface area contributed by atoms with Gasteiger partial charge in [-0.25, -0.2) is 9.18 Å². The van der Waals surface area contributed by atoms with Crippen LogP contribution in [0, 0.1) is 10.1 Å². The molecule has 2 aromatic rings. The fourth-order valence-electron chi connectivity index (χ4n) is 2.20. The first-order valence-electron chi connectivity index (χ1n) is 7.37. The molecule has 0 heterocycles. The van der Waals surface area contributed by atoms with Gasteiger partial charge in [0.25, 0.3) is 5.69 Å². The Morgan fingerprint density at radius 3 is 2.50 bits per heavy atom. The summed E-state index contributed by atoms with van der Waals surface area (Å²) in [5.41, 5.74) is 0.434. The summed E-state index contributed by atoms with van der Waals surface area (Å²) in [7, 11) is 0. The maximum atomic E-state index is 14.8. The second kappa shape index (κ2) is 8.01. The van der Waals surface area contributed by atoms with Crippen molar-refractivity contribution in [3.63, 3.8) is 0 Å². The van der Waals surface area contributed by atoms with E-state index in [4.69, 9.17) is 4.74 Å². The summed E-state index contributed by atoms with van der Waals surface area (Å²) in [5.74, 6) is -1.47. The molecule has 6 heteroatoms. The summed E-state index contributed by atoms with van der Waals surface area (Å²) in [6.45, 7) is 1.74. The molecule has 0 unspecified atom stereocenters. The van der Waals surface area contributed by atoms with Gasteiger partial charge in [0, 0.05) is 24.1 Å². The number of esters is 1. The van der Waals surface area contributed by atoms with Crippen LogP contribution in [0.3, 0.4) is 0 Å². The highest BCUT2D eigenvalue weighted by Gasteiger charge is 2.20. The molecule has 0 radical (unpaired) electrons. The summed E-state index contributed by atoms with van der Waals surface area (Å²) < 4.78 is 19.7. The second-order valence-corrected chi connectivity index (χ2v) is 4.98. The van der Waals surface area contributed by atoms with E-state index in [1.54, 1.807) is 43.3 Å². The minimum Gasteiger partial charge on any atom is -0.463 e. The minimum atomic E-state index is -0.773. The van der Waals surface area contributed by atoms with Gasteiger partial charge in [-0.1, -0.05) is 42.5 Å². The SMILES string of the molecule is CCOC(=O)/C(Cc1cccc([N+](=O)[O-])c1)=C(/F)c1ccccc1. The molecule has 2 aromatic carbocycles. The van der Waals surface area contributed by atoms with Gasteiger partial charge in [-0.3, -0.25) is 10.1 Å². The van der Waals surface area contributed by atoms with Gasteiger partial charge in [-0.05, 0) is 12.5 Å². The van der Waals surface area contributed by atoms with E-state index in [2.05, 4.69) is 0 Å². The molecule has 0 aliphatic rings. The number of carbonyl (C=O) groups is 1. The quantitative estimate of drug-likeness (QED) is 0.346. The number of carbonyl (C=O) groups excluding carboxylic acids is 1. The molecule has 2 rings (SSSR count). The van der Waals surface area contributed by atoms with Crippen molar-refractivity contribution in [3.05, 3.63) is 81.4 Å². The van der Waals surface area contributed by atoms with E-state index in [1.807, 2.05) is 0 Å². The van der Waals surface area contributed by atoms with Crippen molar-refractivity contribution in [2.75, 3.05) is 6.61 Å². The van der Waals surface area contributed by atoms with Crippen LogP contribution in [0.4, 0.5) is 10.1 Å². The fraction of sp³-hybridized carbons (Fsp3) is 0.167. The molecule has 0 aliphatic heterocycles. The summed E-state index contributed by atoms with van der Waals surface area (Å²) in [4.78, 5) is 22.4. The molecule has 0 saturated carbocycles. The predicted molar refractivity (Wildman–Crippen MR) is 87.9 cm³/mol. The lowest BCUT2D eigenvalue weighted by atomic mass is 10.0. The number of rotatable bonds is 6. The van der Waals surface area contributed by atoms with E-state index in [-0.39, 0.29) is 29.9 Å². The number of nitro benzene ring substituents is 1. The van der Waals surface area contributed by atoms with Gasteiger partial charge in [0.05, 0.1) is 17.1 Å². The lowest BCUT2D eigenvalue weighted by molar-refractivity contribution is -0.384. The van der Waals surface area contributed by atoms with Gasteiger partial charge < -0.3 is 4.74 Å². The zero-order valence-corrected chi connectivity index (χ0v) is 13.1. The fourth-order valence-corrected chi connectivity index (χ4v) is 2.20. The van der Waals surface area contributed by atoms with Gasteiger partial charge in [0.1, 0.15) is 5.83 Å². The van der Waals surface area contributed by atoms with Crippen molar-refractivity contribution in [2.45, 2.75) is 13.3 Å². The summed E-state index contributed by atoms with van der Waals surface area (Å²) in [6, 6.07) is 13.9. The van der Waals surface area contributed by atoms with Crippen LogP contribution in [0.15, 0.2) is 60.2 Å². The molecule has 24 heavy (non-hydrogen) atoms. The maximum absolute atomic E-state index is 14.8. The van der Waals surface area contributed by atoms with Crippen molar-refractivity contribution in [1.29, 1.82) is 0 Å². The van der Waals surface area contributed by atoms with E-state index in [0.717, 1.165) is 0 Å². The Morgan fingerprint density at radius 1 is 1.17 bits per heavy atom. The van der Waals surface area contributed by atoms with Crippen molar-refractivity contribution in [1.82, 2.24) is 0 Å². The third kappa shape index (κ3) is 4.25. The van der Waals surface area contributed by atoms with Gasteiger partial charge in [0.2, 0.25) is 0 Å². The Hall–Kier alpha value is -3.02. The lowest BCUT2D eigenvalue weighted by Gasteiger charge is -2.10. The van der Waals surface area contributed by atoms with Crippen molar-refractivity contribution in [2.24, 2.45) is 0 Å². The zero-order chi connectivity index (χ0) is 17.5. The first-order chi connectivity index (χ1) is 11.5. The second-order valence-electron chi connectivity index (χ2n) is 4.98. The van der Waals surface area contributed by atoms with Crippen LogP contribution in [-0.2, 0) is 16.0 Å². The lowest BCUT2D eigenvalue weighted by Crippen LogP contribution is -2.11. The van der Waals surface area contributed by atoms with E-state index < -0.39 is 16.7 Å². The number of nitro groups is 1. The minimum absolute atomic E-state index is 0.0960. The zero-order valence-electron chi connectivity index (χ0n) is 13.1. The number of ether oxygens (including phenoxy) is 1. The normalized spacial score (nSPS) is 11.6. The first kappa shape index (κ1) is 17.3. The largest absolute Gasteiger partial charge is 0.463 e. The third-order valence-corrected chi connectivity index (χ3v) is 3.32. The molecule has 0 fully saturated rings. The van der Waals surface area contributed by atoms with Crippen molar-refractivity contribution < 1.29 is 18.8 Å². The van der Waals surface area contributed by atoms with Gasteiger partial charge in [0.15, 0.2) is 0 Å². The van der Waals surface area contributed by atoms with Crippen LogP contribution in [0.2, 0.25) is 0 Å². The highest BCUT2D eigenvalue weighted by molar-refractivity contribution is 5.96. The number of hydrogen-bond acceptors (Lipinski definition) is 4. The smallest absolute Gasteiger partial charge is 0.337 e. The number of hydrogen-bond donors (Lipinski definition) is 0. The Labute approximate surface area is 138 Å². The number of benzene rings is 2. The molecular weight excluding hydrogens is 313 g/mol. The molecule has 0 bridgehead atoms. The van der Waals surface area contributed by atoms with E-state index in [1.165, 1.54) is 18.2 Å². The molecule has 0 N–H and O–H groups in total. The van der Waals surface area contributed by atoms with Crippen LogP contribution >= 0.6 is 0 Å². The predicted octanol–water partition coefficient (Wildman–Crippen LogP) is 4.08. The van der Waals surface area contributed by atoms with E-state index in [9.17, 15) is 19.3 Å². The average molecular weight is 329 g/mol. The Bertz CT molecular complexity index is 772. The Morgan fingerprint density at radius 2 is 1.88 bits per heavy atom. The third-order valence-electron chi connectivity index (χ3n) is 3.32. The average Bonchev–Trinajstić information content (AvgIpc) is 2.60. The molecule has 5 nitrogen and oxygen atoms in total. The Kier molecular flexibility index (Phi) is 5.78. The molecule has 0 amide bonds. The van der Waals surface area contributed by atoms with Crippen LogP contribution in [0.5, 0.6) is 0 Å². The summed E-state index contributed by atoms with van der Waals surface area (Å²) in [6.07, 6.45) is -0.0960. The molecule has 0 aliphatic carbocycles. The standard InChI is InChI=1S/C18H16FNO4/c1-2-24-18(21)16(17(19)14-8-4-3-5-9-14)12-13-7-6-10-15(11-13)20(22)23/h3-11H,2,12H2,1H3/b17-16+. The Balaban J connectivity index is 2.42. The molecule has 124 valence electrons. The van der Waals surface area contributed by atoms with Crippen LogP contribution in [-0.4, -0.2) is 17.5 Å². The first-order valence-corrected chi connectivity index (χ1v) is 7.37. The number of nitrogens with zero attached hydrogens (tertiary/aromatic N) is 1. The topological polar surface area (TPSA) is 69.4 Å². The highest BCUT2D eigenvalue weighted by atomic mass is 19.1. The van der Waals surface area contributed by atoms with Crippen LogP contribution in [0.1, 0.15) is 18.1 Å². The molecule has 0 atom stereocenters. The molecular formula is C18H16FNO4. The van der Waals surface area contributed by atoms with Gasteiger partial charge in [-0.2, -0.15) is 0 Å². The molecule has 0 saturated heterocycles. The highest BCUT2D eigenvalue weighted by Crippen LogP contribution is 2.25. The molecule has 0 spiro atoms. The van der Waals surface area contributed by atoms with E-state index in [0.29, 0.717) is 5.56 Å². The van der Waals surface area contributed by atoms with E-state index >= 15 is 0 Å². The summed E-state index contributed by atoms with van der Waals surface area (Å²) in [5, 5.41) is 10.9. The monoisotopic (exact) mass is 329 g/mol. The maximum Gasteiger partial charge on any atom is 0.337 e. The summed E-state index contributed by atoms with van der Waals surface area (Å²) >= 11 is 0. The van der Waals surface area contributed by atoms with Gasteiger partial charge >= 0.3 is 5.97 Å². The van der Waals surface area contributed by atoms with Gasteiger partial charge in [-0.15, -0.1) is 0 Å². The van der Waals surface area contributed by atoms with Crippen LogP contribution < -0.4 is 0 Å².